The summed E-state index contributed by atoms with van der Waals surface area (Å²) in [7, 11) is 1.49. The first-order chi connectivity index (χ1) is 19.4. The lowest BCUT2D eigenvalue weighted by molar-refractivity contribution is -0.131. The normalized spacial score (nSPS) is 19.5. The van der Waals surface area contributed by atoms with Crippen molar-refractivity contribution >= 4 is 23.6 Å². The maximum absolute atomic E-state index is 13.2. The first-order valence-corrected chi connectivity index (χ1v) is 13.5. The number of aromatic hydroxyl groups is 1. The Kier molecular flexibility index (Phi) is 12.2. The van der Waals surface area contributed by atoms with Gasteiger partial charge in [-0.3, -0.25) is 19.2 Å². The number of hydrogen-bond acceptors (Lipinski definition) is 7. The lowest BCUT2D eigenvalue weighted by Crippen LogP contribution is -2.53. The topological polar surface area (TPSA) is 155 Å². The molecule has 2 atom stereocenters. The number of nitrogens with one attached hydrogen (secondary N) is 4. The maximum atomic E-state index is 13.2. The highest BCUT2D eigenvalue weighted by atomic mass is 16.5. The minimum atomic E-state index is -1.21. The maximum Gasteiger partial charge on any atom is 0.255 e. The Morgan fingerprint density at radius 1 is 1.02 bits per heavy atom. The number of para-hydroxylation sites is 1. The van der Waals surface area contributed by atoms with Gasteiger partial charge in [0.15, 0.2) is 0 Å². The molecule has 40 heavy (non-hydrogen) atoms. The van der Waals surface area contributed by atoms with Crippen LogP contribution in [0, 0.1) is 0 Å². The fraction of sp³-hybridized carbons (Fsp3) is 0.448. The molecule has 1 aliphatic heterocycles. The molecule has 0 spiro atoms. The summed E-state index contributed by atoms with van der Waals surface area (Å²) in [5.41, 5.74) is 0.988. The van der Waals surface area contributed by atoms with E-state index >= 15 is 0 Å². The van der Waals surface area contributed by atoms with Crippen LogP contribution < -0.4 is 26.0 Å². The van der Waals surface area contributed by atoms with Crippen LogP contribution in [0.15, 0.2) is 48.5 Å². The van der Waals surface area contributed by atoms with Crippen LogP contribution in [-0.4, -0.2) is 74.2 Å². The molecule has 0 saturated heterocycles. The molecule has 216 valence electrons. The van der Waals surface area contributed by atoms with E-state index in [1.807, 2.05) is 0 Å². The third-order valence-electron chi connectivity index (χ3n) is 6.40. The van der Waals surface area contributed by atoms with E-state index < -0.39 is 36.2 Å². The van der Waals surface area contributed by atoms with Crippen LogP contribution in [0.1, 0.15) is 48.0 Å². The molecule has 5 N–H and O–H groups in total. The van der Waals surface area contributed by atoms with Gasteiger partial charge in [0.05, 0.1) is 25.2 Å². The average Bonchev–Trinajstić information content (AvgIpc) is 2.94. The van der Waals surface area contributed by atoms with Gasteiger partial charge in [0, 0.05) is 26.6 Å². The lowest BCUT2D eigenvalue weighted by atomic mass is 10.0. The van der Waals surface area contributed by atoms with Crippen molar-refractivity contribution in [1.29, 1.82) is 0 Å². The number of ether oxygens (including phenoxy) is 2. The number of methoxy groups -OCH3 is 1. The molecule has 0 aromatic heterocycles. The number of carbonyl (C=O) groups is 4. The monoisotopic (exact) mass is 554 g/mol. The molecule has 2 aromatic carbocycles. The summed E-state index contributed by atoms with van der Waals surface area (Å²) >= 11 is 0. The summed E-state index contributed by atoms with van der Waals surface area (Å²) in [6, 6.07) is 11.0. The Morgan fingerprint density at radius 3 is 2.55 bits per heavy atom. The van der Waals surface area contributed by atoms with Gasteiger partial charge >= 0.3 is 0 Å². The van der Waals surface area contributed by atoms with E-state index in [-0.39, 0.29) is 36.8 Å². The largest absolute Gasteiger partial charge is 0.508 e. The van der Waals surface area contributed by atoms with E-state index in [1.54, 1.807) is 36.4 Å². The second-order valence-corrected chi connectivity index (χ2v) is 9.55. The number of benzene rings is 2. The van der Waals surface area contributed by atoms with Gasteiger partial charge in [-0.1, -0.05) is 37.1 Å². The SMILES string of the molecule is COCCNC(=O)[C@@H]1CC(=O)N[C@@H](Cc2ccc(O)cc2)C(=O)NCCCCCCOc2ccccc2C(=O)N1. The van der Waals surface area contributed by atoms with Crippen LogP contribution >= 0.6 is 0 Å². The molecular weight excluding hydrogens is 516 g/mol. The van der Waals surface area contributed by atoms with Crippen LogP contribution in [0.3, 0.4) is 0 Å². The average molecular weight is 555 g/mol. The van der Waals surface area contributed by atoms with Gasteiger partial charge in [-0.2, -0.15) is 0 Å². The molecule has 0 aliphatic carbocycles. The molecule has 0 fully saturated rings. The molecule has 0 radical (unpaired) electrons. The third-order valence-corrected chi connectivity index (χ3v) is 6.40. The number of fused-ring (bicyclic) bond motifs is 1. The van der Waals surface area contributed by atoms with Crippen LogP contribution in [0.2, 0.25) is 0 Å². The Morgan fingerprint density at radius 2 is 1.77 bits per heavy atom. The lowest BCUT2D eigenvalue weighted by Gasteiger charge is -2.22. The van der Waals surface area contributed by atoms with Gasteiger partial charge in [-0.05, 0) is 42.7 Å². The van der Waals surface area contributed by atoms with E-state index in [9.17, 15) is 24.3 Å². The number of carbonyl (C=O) groups excluding carboxylic acids is 4. The summed E-state index contributed by atoms with van der Waals surface area (Å²) in [6.07, 6.45) is 3.07. The van der Waals surface area contributed by atoms with Gasteiger partial charge in [-0.15, -0.1) is 0 Å². The zero-order valence-electron chi connectivity index (χ0n) is 22.7. The summed E-state index contributed by atoms with van der Waals surface area (Å²) in [5.74, 6) is -1.58. The fourth-order valence-corrected chi connectivity index (χ4v) is 4.24. The molecule has 0 unspecified atom stereocenters. The predicted molar refractivity (Wildman–Crippen MR) is 148 cm³/mol. The van der Waals surface area contributed by atoms with Crippen molar-refractivity contribution < 1.29 is 33.8 Å². The highest BCUT2D eigenvalue weighted by molar-refractivity contribution is 6.01. The van der Waals surface area contributed by atoms with Crippen molar-refractivity contribution in [2.24, 2.45) is 0 Å². The van der Waals surface area contributed by atoms with Gasteiger partial charge in [0.2, 0.25) is 17.7 Å². The minimum absolute atomic E-state index is 0.0898. The van der Waals surface area contributed by atoms with Crippen LogP contribution in [0.5, 0.6) is 11.5 Å². The molecule has 2 aromatic rings. The van der Waals surface area contributed by atoms with Gasteiger partial charge in [0.25, 0.3) is 5.91 Å². The number of phenolic OH excluding ortho intramolecular Hbond substituents is 1. The van der Waals surface area contributed by atoms with Crippen molar-refractivity contribution in [3.63, 3.8) is 0 Å². The number of hydrogen-bond donors (Lipinski definition) is 5. The van der Waals surface area contributed by atoms with E-state index in [2.05, 4.69) is 21.3 Å². The number of amides is 4. The zero-order valence-corrected chi connectivity index (χ0v) is 22.7. The highest BCUT2D eigenvalue weighted by Gasteiger charge is 2.28. The van der Waals surface area contributed by atoms with Crippen LogP contribution in [0.4, 0.5) is 0 Å². The standard InChI is InChI=1S/C29H38N4O7/c1-39-17-15-31-29(38)24-19-26(35)32-23(18-20-10-12-21(34)13-11-20)28(37)30-14-6-2-3-7-16-40-25-9-5-4-8-22(25)27(36)33-24/h4-5,8-13,23-24,34H,2-3,6-7,14-19H2,1H3,(H,30,37)(H,31,38)(H,32,35)(H,33,36)/t23-,24-/m0/s1. The van der Waals surface area contributed by atoms with Gasteiger partial charge < -0.3 is 35.8 Å². The minimum Gasteiger partial charge on any atom is -0.508 e. The summed E-state index contributed by atoms with van der Waals surface area (Å²) < 4.78 is 10.8. The molecule has 1 aliphatic rings. The molecule has 3 rings (SSSR count). The van der Waals surface area contributed by atoms with E-state index in [4.69, 9.17) is 9.47 Å². The van der Waals surface area contributed by atoms with Gasteiger partial charge in [-0.25, -0.2) is 0 Å². The summed E-state index contributed by atoms with van der Waals surface area (Å²) in [6.45, 7) is 1.30. The number of rotatable bonds is 6. The summed E-state index contributed by atoms with van der Waals surface area (Å²) in [4.78, 5) is 52.4. The predicted octanol–water partition coefficient (Wildman–Crippen LogP) is 1.44. The van der Waals surface area contributed by atoms with Crippen molar-refractivity contribution in [2.45, 2.75) is 50.6 Å². The van der Waals surface area contributed by atoms with Crippen molar-refractivity contribution in [2.75, 3.05) is 33.4 Å². The quantitative estimate of drug-likeness (QED) is 0.339. The number of phenols is 1. The smallest absolute Gasteiger partial charge is 0.255 e. The summed E-state index contributed by atoms with van der Waals surface area (Å²) in [5, 5.41) is 20.5. The molecule has 11 heteroatoms. The van der Waals surface area contributed by atoms with Crippen molar-refractivity contribution in [3.05, 3.63) is 59.7 Å². The Labute approximate surface area is 234 Å². The molecule has 11 nitrogen and oxygen atoms in total. The van der Waals surface area contributed by atoms with Crippen molar-refractivity contribution in [3.8, 4) is 11.5 Å². The van der Waals surface area contributed by atoms with E-state index in [1.165, 1.54) is 19.2 Å². The Hall–Kier alpha value is -4.12. The molecule has 1 heterocycles. The van der Waals surface area contributed by atoms with Crippen LogP contribution in [0.25, 0.3) is 0 Å². The van der Waals surface area contributed by atoms with E-state index in [0.29, 0.717) is 18.9 Å². The third kappa shape index (κ3) is 9.88. The van der Waals surface area contributed by atoms with Gasteiger partial charge in [0.1, 0.15) is 23.6 Å². The van der Waals surface area contributed by atoms with Crippen molar-refractivity contribution in [1.82, 2.24) is 21.3 Å². The zero-order chi connectivity index (χ0) is 28.7. The van der Waals surface area contributed by atoms with E-state index in [0.717, 1.165) is 31.2 Å². The molecule has 0 bridgehead atoms. The Balaban J connectivity index is 1.83. The highest BCUT2D eigenvalue weighted by Crippen LogP contribution is 2.19. The molecule has 0 saturated carbocycles. The first kappa shape index (κ1) is 30.4. The first-order valence-electron chi connectivity index (χ1n) is 13.5. The second-order valence-electron chi connectivity index (χ2n) is 9.55. The molecular formula is C29H38N4O7. The Bertz CT molecular complexity index is 1140. The molecule has 4 amide bonds. The fourth-order valence-electron chi connectivity index (χ4n) is 4.24. The second kappa shape index (κ2) is 16.1. The van der Waals surface area contributed by atoms with Crippen LogP contribution in [-0.2, 0) is 25.5 Å².